The van der Waals surface area contributed by atoms with Gasteiger partial charge in [-0.1, -0.05) is 11.6 Å². The lowest BCUT2D eigenvalue weighted by molar-refractivity contribution is -0.0432. The second-order valence-corrected chi connectivity index (χ2v) is 6.74. The number of halogens is 1. The number of nitriles is 1. The molecule has 2 rings (SSSR count). The predicted octanol–water partition coefficient (Wildman–Crippen LogP) is 3.10. The molecule has 0 saturated carbocycles. The van der Waals surface area contributed by atoms with Crippen molar-refractivity contribution in [2.24, 2.45) is 0 Å². The van der Waals surface area contributed by atoms with E-state index in [9.17, 15) is 4.79 Å². The van der Waals surface area contributed by atoms with Gasteiger partial charge in [-0.05, 0) is 32.9 Å². The number of rotatable bonds is 1. The van der Waals surface area contributed by atoms with E-state index in [1.807, 2.05) is 26.8 Å². The topological polar surface area (TPSA) is 88.6 Å². The highest BCUT2D eigenvalue weighted by Crippen LogP contribution is 2.33. The molecule has 1 unspecified atom stereocenters. The van der Waals surface area contributed by atoms with Gasteiger partial charge in [-0.15, -0.1) is 0 Å². The Balaban J connectivity index is 2.21. The number of nitrogens with two attached hydrogens (primary N) is 1. The van der Waals surface area contributed by atoms with Gasteiger partial charge in [0.2, 0.25) is 0 Å². The summed E-state index contributed by atoms with van der Waals surface area (Å²) in [5.74, 6) is 0. The summed E-state index contributed by atoms with van der Waals surface area (Å²) >= 11 is 6.24. The monoisotopic (exact) mass is 337 g/mol. The van der Waals surface area contributed by atoms with Crippen molar-refractivity contribution in [3.63, 3.8) is 0 Å². The summed E-state index contributed by atoms with van der Waals surface area (Å²) in [7, 11) is 0. The van der Waals surface area contributed by atoms with Gasteiger partial charge in [0, 0.05) is 12.1 Å². The number of carbonyl (C=O) groups excluding carboxylic acids is 1. The zero-order chi connectivity index (χ0) is 17.2. The van der Waals surface area contributed by atoms with Crippen molar-refractivity contribution < 1.29 is 14.3 Å². The van der Waals surface area contributed by atoms with Crippen LogP contribution in [0.5, 0.6) is 0 Å². The minimum Gasteiger partial charge on any atom is -0.444 e. The van der Waals surface area contributed by atoms with Crippen LogP contribution in [0.15, 0.2) is 12.1 Å². The second kappa shape index (κ2) is 6.65. The molecule has 1 fully saturated rings. The molecule has 1 atom stereocenters. The van der Waals surface area contributed by atoms with Crippen molar-refractivity contribution in [2.75, 3.05) is 25.4 Å². The number of benzene rings is 1. The smallest absolute Gasteiger partial charge is 0.410 e. The number of morpholine rings is 1. The van der Waals surface area contributed by atoms with Gasteiger partial charge in [0.05, 0.1) is 35.5 Å². The Morgan fingerprint density at radius 2 is 2.22 bits per heavy atom. The van der Waals surface area contributed by atoms with Gasteiger partial charge in [0.15, 0.2) is 0 Å². The quantitative estimate of drug-likeness (QED) is 0.795. The average Bonchev–Trinajstić information content (AvgIpc) is 2.48. The first-order valence-corrected chi connectivity index (χ1v) is 7.67. The summed E-state index contributed by atoms with van der Waals surface area (Å²) < 4.78 is 11.1. The van der Waals surface area contributed by atoms with Crippen molar-refractivity contribution in [3.05, 3.63) is 28.3 Å². The average molecular weight is 338 g/mol. The van der Waals surface area contributed by atoms with Gasteiger partial charge >= 0.3 is 6.09 Å². The standard InChI is InChI=1S/C16H20ClN3O3/c1-16(2,3)23-15(21)20-4-5-22-13(9-20)11-6-10(8-18)7-12(19)14(11)17/h6-7,13H,4-5,9,19H2,1-3H3. The molecule has 6 nitrogen and oxygen atoms in total. The van der Waals surface area contributed by atoms with E-state index in [0.717, 1.165) is 0 Å². The summed E-state index contributed by atoms with van der Waals surface area (Å²) in [6.07, 6.45) is -0.842. The summed E-state index contributed by atoms with van der Waals surface area (Å²) in [5, 5.41) is 9.42. The molecule has 1 amide bonds. The van der Waals surface area contributed by atoms with E-state index in [4.69, 9.17) is 32.1 Å². The number of hydrogen-bond acceptors (Lipinski definition) is 5. The van der Waals surface area contributed by atoms with Crippen molar-refractivity contribution >= 4 is 23.4 Å². The lowest BCUT2D eigenvalue weighted by Gasteiger charge is -2.34. The minimum atomic E-state index is -0.562. The largest absolute Gasteiger partial charge is 0.444 e. The number of carbonyl (C=O) groups is 1. The Morgan fingerprint density at radius 3 is 2.83 bits per heavy atom. The molecule has 0 spiro atoms. The number of nitrogens with zero attached hydrogens (tertiary/aromatic N) is 2. The molecule has 1 aliphatic heterocycles. The van der Waals surface area contributed by atoms with Crippen molar-refractivity contribution in [3.8, 4) is 6.07 Å². The fraction of sp³-hybridized carbons (Fsp3) is 0.500. The number of anilines is 1. The van der Waals surface area contributed by atoms with Crippen LogP contribution in [0.1, 0.15) is 38.0 Å². The number of nitrogen functional groups attached to an aromatic ring is 1. The number of hydrogen-bond donors (Lipinski definition) is 1. The van der Waals surface area contributed by atoms with Crippen LogP contribution in [-0.2, 0) is 9.47 Å². The van der Waals surface area contributed by atoms with Gasteiger partial charge in [0.25, 0.3) is 0 Å². The maximum absolute atomic E-state index is 12.2. The van der Waals surface area contributed by atoms with Gasteiger partial charge in [-0.3, -0.25) is 0 Å². The summed E-state index contributed by atoms with van der Waals surface area (Å²) in [4.78, 5) is 13.8. The van der Waals surface area contributed by atoms with Crippen LogP contribution >= 0.6 is 11.6 Å². The minimum absolute atomic E-state index is 0.295. The lowest BCUT2D eigenvalue weighted by atomic mass is 10.0. The Labute approximate surface area is 140 Å². The van der Waals surface area contributed by atoms with Crippen LogP contribution in [-0.4, -0.2) is 36.3 Å². The third-order valence-electron chi connectivity index (χ3n) is 3.32. The number of amides is 1. The van der Waals surface area contributed by atoms with Crippen LogP contribution in [0.4, 0.5) is 10.5 Å². The molecule has 23 heavy (non-hydrogen) atoms. The summed E-state index contributed by atoms with van der Waals surface area (Å²) in [5.41, 5.74) is 6.60. The zero-order valence-electron chi connectivity index (χ0n) is 13.4. The van der Waals surface area contributed by atoms with E-state index in [1.165, 1.54) is 6.07 Å². The van der Waals surface area contributed by atoms with E-state index in [1.54, 1.807) is 11.0 Å². The molecule has 2 N–H and O–H groups in total. The Morgan fingerprint density at radius 1 is 1.52 bits per heavy atom. The molecule has 0 aromatic heterocycles. The highest BCUT2D eigenvalue weighted by atomic mass is 35.5. The van der Waals surface area contributed by atoms with Crippen molar-refractivity contribution in [1.82, 2.24) is 4.90 Å². The molecule has 0 bridgehead atoms. The zero-order valence-corrected chi connectivity index (χ0v) is 14.2. The molecular formula is C16H20ClN3O3. The van der Waals surface area contributed by atoms with E-state index < -0.39 is 17.8 Å². The second-order valence-electron chi connectivity index (χ2n) is 6.37. The van der Waals surface area contributed by atoms with E-state index in [-0.39, 0.29) is 0 Å². The molecule has 124 valence electrons. The Hall–Kier alpha value is -1.97. The molecule has 0 radical (unpaired) electrons. The van der Waals surface area contributed by atoms with Crippen LogP contribution in [0.3, 0.4) is 0 Å². The SMILES string of the molecule is CC(C)(C)OC(=O)N1CCOC(c2cc(C#N)cc(N)c2Cl)C1. The van der Waals surface area contributed by atoms with E-state index >= 15 is 0 Å². The first kappa shape index (κ1) is 17.4. The van der Waals surface area contributed by atoms with Crippen LogP contribution in [0, 0.1) is 11.3 Å². The molecule has 1 aliphatic rings. The molecule has 1 aromatic carbocycles. The lowest BCUT2D eigenvalue weighted by Crippen LogP contribution is -2.44. The molecular weight excluding hydrogens is 318 g/mol. The van der Waals surface area contributed by atoms with Crippen LogP contribution < -0.4 is 5.73 Å². The maximum atomic E-state index is 12.2. The number of ether oxygens (including phenoxy) is 2. The first-order valence-electron chi connectivity index (χ1n) is 7.30. The van der Waals surface area contributed by atoms with Gasteiger partial charge in [-0.25, -0.2) is 4.79 Å². The normalized spacial score (nSPS) is 18.4. The third kappa shape index (κ3) is 4.27. The van der Waals surface area contributed by atoms with E-state index in [0.29, 0.717) is 41.5 Å². The van der Waals surface area contributed by atoms with Gasteiger partial charge < -0.3 is 20.1 Å². The Kier molecular flexibility index (Phi) is 5.03. The Bertz CT molecular complexity index is 649. The van der Waals surface area contributed by atoms with Crippen LogP contribution in [0.25, 0.3) is 0 Å². The van der Waals surface area contributed by atoms with Gasteiger partial charge in [-0.2, -0.15) is 5.26 Å². The van der Waals surface area contributed by atoms with Gasteiger partial charge in [0.1, 0.15) is 11.7 Å². The van der Waals surface area contributed by atoms with Crippen molar-refractivity contribution in [2.45, 2.75) is 32.5 Å². The fourth-order valence-corrected chi connectivity index (χ4v) is 2.53. The third-order valence-corrected chi connectivity index (χ3v) is 3.76. The van der Waals surface area contributed by atoms with Crippen LogP contribution in [0.2, 0.25) is 5.02 Å². The summed E-state index contributed by atoms with van der Waals surface area (Å²) in [6.45, 7) is 6.54. The highest BCUT2D eigenvalue weighted by molar-refractivity contribution is 6.34. The maximum Gasteiger partial charge on any atom is 0.410 e. The molecule has 7 heteroatoms. The molecule has 1 saturated heterocycles. The first-order chi connectivity index (χ1) is 10.7. The molecule has 0 aliphatic carbocycles. The highest BCUT2D eigenvalue weighted by Gasteiger charge is 2.30. The summed E-state index contributed by atoms with van der Waals surface area (Å²) in [6, 6.07) is 5.20. The predicted molar refractivity (Wildman–Crippen MR) is 87.1 cm³/mol. The molecule has 1 heterocycles. The van der Waals surface area contributed by atoms with E-state index in [2.05, 4.69) is 0 Å². The molecule has 1 aromatic rings. The van der Waals surface area contributed by atoms with Crippen molar-refractivity contribution in [1.29, 1.82) is 5.26 Å². The fourth-order valence-electron chi connectivity index (χ4n) is 2.30.